The van der Waals surface area contributed by atoms with Gasteiger partial charge in [-0.25, -0.2) is 4.98 Å². The van der Waals surface area contributed by atoms with Gasteiger partial charge >= 0.3 is 0 Å². The van der Waals surface area contributed by atoms with E-state index in [4.69, 9.17) is 15.6 Å². The van der Waals surface area contributed by atoms with Crippen LogP contribution in [0.2, 0.25) is 0 Å². The Morgan fingerprint density at radius 2 is 2.06 bits per heavy atom. The zero-order valence-corrected chi connectivity index (χ0v) is 10.1. The van der Waals surface area contributed by atoms with Gasteiger partial charge in [-0.05, 0) is 24.3 Å². The van der Waals surface area contributed by atoms with Gasteiger partial charge in [-0.2, -0.15) is 0 Å². The number of benzene rings is 1. The van der Waals surface area contributed by atoms with E-state index >= 15 is 0 Å². The summed E-state index contributed by atoms with van der Waals surface area (Å²) in [6.07, 6.45) is 0.643. The van der Waals surface area contributed by atoms with Crippen molar-refractivity contribution in [3.63, 3.8) is 0 Å². The van der Waals surface area contributed by atoms with E-state index in [9.17, 15) is 0 Å². The number of ether oxygens (including phenoxy) is 1. The monoisotopic (exact) mass is 250 g/mol. The number of aliphatic hydroxyl groups is 1. The Morgan fingerprint density at radius 1 is 1.29 bits per heavy atom. The van der Waals surface area contributed by atoms with Gasteiger partial charge in [0, 0.05) is 24.0 Å². The van der Waals surface area contributed by atoms with Crippen LogP contribution in [0.1, 0.15) is 6.42 Å². The van der Waals surface area contributed by atoms with Crippen molar-refractivity contribution in [1.82, 2.24) is 4.98 Å². The van der Waals surface area contributed by atoms with Crippen LogP contribution in [0.5, 0.6) is 5.75 Å². The van der Waals surface area contributed by atoms with Gasteiger partial charge in [-0.15, -0.1) is 11.3 Å². The van der Waals surface area contributed by atoms with Gasteiger partial charge in [0.15, 0.2) is 5.13 Å². The summed E-state index contributed by atoms with van der Waals surface area (Å²) >= 11 is 1.43. The molecule has 0 aliphatic carbocycles. The van der Waals surface area contributed by atoms with E-state index in [1.807, 2.05) is 29.6 Å². The van der Waals surface area contributed by atoms with Crippen LogP contribution in [-0.2, 0) is 0 Å². The lowest BCUT2D eigenvalue weighted by Gasteiger charge is -2.05. The topological polar surface area (TPSA) is 68.4 Å². The largest absolute Gasteiger partial charge is 0.494 e. The molecule has 0 fully saturated rings. The second kappa shape index (κ2) is 5.65. The summed E-state index contributed by atoms with van der Waals surface area (Å²) in [4.78, 5) is 4.21. The van der Waals surface area contributed by atoms with Gasteiger partial charge in [0.2, 0.25) is 0 Å². The summed E-state index contributed by atoms with van der Waals surface area (Å²) in [5.41, 5.74) is 7.49. The highest BCUT2D eigenvalue weighted by molar-refractivity contribution is 7.13. The highest BCUT2D eigenvalue weighted by Gasteiger charge is 2.02. The average Bonchev–Trinajstić information content (AvgIpc) is 2.77. The first-order valence-electron chi connectivity index (χ1n) is 5.34. The minimum atomic E-state index is 0.149. The molecule has 0 unspecified atom stereocenters. The van der Waals surface area contributed by atoms with Gasteiger partial charge in [0.1, 0.15) is 5.75 Å². The van der Waals surface area contributed by atoms with E-state index in [0.717, 1.165) is 17.0 Å². The fraction of sp³-hybridized carbons (Fsp3) is 0.250. The molecule has 2 aromatic rings. The number of anilines is 1. The molecule has 0 amide bonds. The molecule has 0 aliphatic rings. The van der Waals surface area contributed by atoms with Crippen LogP contribution < -0.4 is 10.5 Å². The molecule has 0 atom stereocenters. The van der Waals surface area contributed by atoms with Crippen LogP contribution in [0.25, 0.3) is 11.3 Å². The third-order valence-electron chi connectivity index (χ3n) is 2.24. The first-order valence-corrected chi connectivity index (χ1v) is 6.22. The third kappa shape index (κ3) is 3.18. The van der Waals surface area contributed by atoms with Gasteiger partial charge in [0.25, 0.3) is 0 Å². The molecule has 0 spiro atoms. The van der Waals surface area contributed by atoms with Crippen molar-refractivity contribution in [1.29, 1.82) is 0 Å². The lowest BCUT2D eigenvalue weighted by Crippen LogP contribution is -1.99. The molecule has 1 aromatic carbocycles. The van der Waals surface area contributed by atoms with E-state index in [-0.39, 0.29) is 6.61 Å². The number of hydrogen-bond acceptors (Lipinski definition) is 5. The molecule has 0 saturated carbocycles. The van der Waals surface area contributed by atoms with Crippen LogP contribution in [0.3, 0.4) is 0 Å². The van der Waals surface area contributed by atoms with Crippen LogP contribution in [0, 0.1) is 0 Å². The molecule has 5 heteroatoms. The maximum atomic E-state index is 8.64. The van der Waals surface area contributed by atoms with Crippen LogP contribution in [0.4, 0.5) is 5.13 Å². The summed E-state index contributed by atoms with van der Waals surface area (Å²) in [6.45, 7) is 0.676. The minimum absolute atomic E-state index is 0.149. The van der Waals surface area contributed by atoms with Gasteiger partial charge < -0.3 is 15.6 Å². The van der Waals surface area contributed by atoms with E-state index in [2.05, 4.69) is 4.98 Å². The average molecular weight is 250 g/mol. The van der Waals surface area contributed by atoms with E-state index in [1.165, 1.54) is 11.3 Å². The Bertz CT molecular complexity index is 468. The molecule has 17 heavy (non-hydrogen) atoms. The molecular formula is C12H14N2O2S. The van der Waals surface area contributed by atoms with Crippen LogP contribution >= 0.6 is 11.3 Å². The molecular weight excluding hydrogens is 236 g/mol. The Hall–Kier alpha value is -1.59. The van der Waals surface area contributed by atoms with Gasteiger partial charge in [-0.1, -0.05) is 0 Å². The highest BCUT2D eigenvalue weighted by Crippen LogP contribution is 2.24. The standard InChI is InChI=1S/C12H14N2O2S/c13-12-14-11(8-17-12)9-2-4-10(5-3-9)16-7-1-6-15/h2-5,8,15H,1,6-7H2,(H2,13,14). The highest BCUT2D eigenvalue weighted by atomic mass is 32.1. The summed E-state index contributed by atoms with van der Waals surface area (Å²) in [6, 6.07) is 7.68. The SMILES string of the molecule is Nc1nc(-c2ccc(OCCCO)cc2)cs1. The number of aromatic nitrogens is 1. The van der Waals surface area contributed by atoms with Gasteiger partial charge in [0.05, 0.1) is 12.3 Å². The van der Waals surface area contributed by atoms with Crippen molar-refractivity contribution in [2.75, 3.05) is 18.9 Å². The van der Waals surface area contributed by atoms with Crippen molar-refractivity contribution < 1.29 is 9.84 Å². The zero-order valence-electron chi connectivity index (χ0n) is 9.30. The number of rotatable bonds is 5. The first kappa shape index (κ1) is 11.9. The molecule has 1 aromatic heterocycles. The zero-order chi connectivity index (χ0) is 12.1. The second-order valence-electron chi connectivity index (χ2n) is 3.52. The Balaban J connectivity index is 2.02. The number of nitrogens with zero attached hydrogens (tertiary/aromatic N) is 1. The minimum Gasteiger partial charge on any atom is -0.494 e. The molecule has 0 bridgehead atoms. The van der Waals surface area contributed by atoms with Crippen molar-refractivity contribution in [3.05, 3.63) is 29.6 Å². The maximum absolute atomic E-state index is 8.64. The molecule has 90 valence electrons. The Morgan fingerprint density at radius 3 is 2.65 bits per heavy atom. The lowest BCUT2D eigenvalue weighted by atomic mass is 10.2. The van der Waals surface area contributed by atoms with Crippen molar-refractivity contribution in [2.45, 2.75) is 6.42 Å². The number of aliphatic hydroxyl groups excluding tert-OH is 1. The molecule has 2 rings (SSSR count). The molecule has 0 radical (unpaired) electrons. The van der Waals surface area contributed by atoms with Crippen molar-refractivity contribution in [2.24, 2.45) is 0 Å². The second-order valence-corrected chi connectivity index (χ2v) is 4.41. The summed E-state index contributed by atoms with van der Waals surface area (Å²) < 4.78 is 5.44. The fourth-order valence-electron chi connectivity index (χ4n) is 1.40. The smallest absolute Gasteiger partial charge is 0.180 e. The number of thiazole rings is 1. The Labute approximate surface area is 104 Å². The fourth-order valence-corrected chi connectivity index (χ4v) is 1.97. The molecule has 0 saturated heterocycles. The van der Waals surface area contributed by atoms with Gasteiger partial charge in [-0.3, -0.25) is 0 Å². The predicted molar refractivity (Wildman–Crippen MR) is 69.2 cm³/mol. The predicted octanol–water partition coefficient (Wildman–Crippen LogP) is 2.15. The molecule has 4 nitrogen and oxygen atoms in total. The Kier molecular flexibility index (Phi) is 3.95. The lowest BCUT2D eigenvalue weighted by molar-refractivity contribution is 0.233. The molecule has 3 N–H and O–H groups in total. The summed E-state index contributed by atoms with van der Waals surface area (Å²) in [7, 11) is 0. The van der Waals surface area contributed by atoms with Crippen LogP contribution in [0.15, 0.2) is 29.6 Å². The van der Waals surface area contributed by atoms with Crippen LogP contribution in [-0.4, -0.2) is 23.3 Å². The number of hydrogen-bond donors (Lipinski definition) is 2. The molecule has 0 aliphatic heterocycles. The summed E-state index contributed by atoms with van der Waals surface area (Å²) in [5.74, 6) is 0.797. The number of nitrogens with two attached hydrogens (primary N) is 1. The quantitative estimate of drug-likeness (QED) is 0.798. The molecule has 1 heterocycles. The van der Waals surface area contributed by atoms with Crippen molar-refractivity contribution in [3.8, 4) is 17.0 Å². The van der Waals surface area contributed by atoms with E-state index < -0.39 is 0 Å². The number of nitrogen functional groups attached to an aromatic ring is 1. The van der Waals surface area contributed by atoms with E-state index in [1.54, 1.807) is 0 Å². The normalized spacial score (nSPS) is 10.4. The van der Waals surface area contributed by atoms with Crippen molar-refractivity contribution >= 4 is 16.5 Å². The van der Waals surface area contributed by atoms with E-state index in [0.29, 0.717) is 18.2 Å². The maximum Gasteiger partial charge on any atom is 0.180 e. The summed E-state index contributed by atoms with van der Waals surface area (Å²) in [5, 5.41) is 11.1. The first-order chi connectivity index (χ1) is 8.29. The third-order valence-corrected chi connectivity index (χ3v) is 2.92.